The van der Waals surface area contributed by atoms with Gasteiger partial charge in [0, 0.05) is 18.3 Å². The van der Waals surface area contributed by atoms with E-state index in [4.69, 9.17) is 0 Å². The van der Waals surface area contributed by atoms with Crippen molar-refractivity contribution in [2.24, 2.45) is 12.1 Å². The van der Waals surface area contributed by atoms with Gasteiger partial charge in [-0.05, 0) is 42.2 Å². The molecular weight excluding hydrogens is 316 g/mol. The van der Waals surface area contributed by atoms with Crippen LogP contribution in [0.5, 0.6) is 5.75 Å². The molecule has 2 N–H and O–H groups in total. The predicted octanol–water partition coefficient (Wildman–Crippen LogP) is 2.75. The number of aromatic hydroxyl groups is 1. The van der Waals surface area contributed by atoms with Gasteiger partial charge in [-0.25, -0.2) is 5.43 Å². The zero-order valence-electron chi connectivity index (χ0n) is 13.9. The summed E-state index contributed by atoms with van der Waals surface area (Å²) in [4.78, 5) is 12.5. The minimum Gasteiger partial charge on any atom is -0.507 e. The third-order valence-electron chi connectivity index (χ3n) is 4.60. The highest BCUT2D eigenvalue weighted by atomic mass is 16.3. The second kappa shape index (κ2) is 6.05. The third kappa shape index (κ3) is 2.76. The SMILES string of the molecule is Cn1ncc2c1CCC/C2=N\NC(=O)c1cc2ccccc2cc1O. The average molecular weight is 334 g/mol. The van der Waals surface area contributed by atoms with Gasteiger partial charge in [0.25, 0.3) is 5.91 Å². The molecule has 0 saturated heterocycles. The highest BCUT2D eigenvalue weighted by Crippen LogP contribution is 2.25. The molecule has 0 bridgehead atoms. The molecule has 0 fully saturated rings. The number of benzene rings is 2. The maximum absolute atomic E-state index is 12.5. The van der Waals surface area contributed by atoms with E-state index in [0.29, 0.717) is 0 Å². The molecular formula is C19H18N4O2. The fraction of sp³-hybridized carbons (Fsp3) is 0.211. The zero-order chi connectivity index (χ0) is 17.4. The van der Waals surface area contributed by atoms with Gasteiger partial charge in [-0.1, -0.05) is 24.3 Å². The van der Waals surface area contributed by atoms with Gasteiger partial charge in [-0.3, -0.25) is 9.48 Å². The van der Waals surface area contributed by atoms with Gasteiger partial charge in [-0.15, -0.1) is 0 Å². The van der Waals surface area contributed by atoms with E-state index >= 15 is 0 Å². The molecule has 2 aromatic carbocycles. The van der Waals surface area contributed by atoms with E-state index in [1.165, 1.54) is 0 Å². The number of phenolic OH excluding ortho intramolecular Hbond substituents is 1. The summed E-state index contributed by atoms with van der Waals surface area (Å²) in [5.74, 6) is -0.478. The van der Waals surface area contributed by atoms with E-state index in [1.54, 1.807) is 18.3 Å². The van der Waals surface area contributed by atoms with Crippen molar-refractivity contribution in [3.8, 4) is 5.75 Å². The highest BCUT2D eigenvalue weighted by molar-refractivity contribution is 6.05. The predicted molar refractivity (Wildman–Crippen MR) is 95.8 cm³/mol. The van der Waals surface area contributed by atoms with E-state index in [-0.39, 0.29) is 11.3 Å². The minimum absolute atomic E-state index is 0.0536. The Bertz CT molecular complexity index is 1000. The molecule has 0 radical (unpaired) electrons. The van der Waals surface area contributed by atoms with E-state index in [0.717, 1.165) is 47.0 Å². The quantitative estimate of drug-likeness (QED) is 0.707. The molecule has 3 aromatic rings. The van der Waals surface area contributed by atoms with Crippen molar-refractivity contribution in [1.29, 1.82) is 0 Å². The van der Waals surface area contributed by atoms with Crippen LogP contribution in [-0.4, -0.2) is 26.5 Å². The van der Waals surface area contributed by atoms with E-state index in [1.807, 2.05) is 36.0 Å². The first-order valence-electron chi connectivity index (χ1n) is 8.23. The summed E-state index contributed by atoms with van der Waals surface area (Å²) in [6.07, 6.45) is 4.52. The average Bonchev–Trinajstić information content (AvgIpc) is 3.01. The Hall–Kier alpha value is -3.15. The molecule has 1 heterocycles. The van der Waals surface area contributed by atoms with Crippen molar-refractivity contribution in [2.45, 2.75) is 19.3 Å². The van der Waals surface area contributed by atoms with Crippen LogP contribution < -0.4 is 5.43 Å². The molecule has 126 valence electrons. The summed E-state index contributed by atoms with van der Waals surface area (Å²) in [5, 5.41) is 20.5. The Morgan fingerprint density at radius 2 is 2.00 bits per heavy atom. The molecule has 1 amide bonds. The standard InChI is InChI=1S/C19H18N4O2/c1-23-17-8-4-7-16(15(17)11-20-23)21-22-19(25)14-9-12-5-2-3-6-13(12)10-18(14)24/h2-3,5-6,9-11,24H,4,7-8H2,1H3,(H,22,25)/b21-16+. The monoisotopic (exact) mass is 334 g/mol. The van der Waals surface area contributed by atoms with Gasteiger partial charge >= 0.3 is 0 Å². The van der Waals surface area contributed by atoms with Gasteiger partial charge in [0.1, 0.15) is 5.75 Å². The molecule has 0 aliphatic heterocycles. The topological polar surface area (TPSA) is 79.5 Å². The molecule has 1 aliphatic rings. The molecule has 0 spiro atoms. The van der Waals surface area contributed by atoms with E-state index in [9.17, 15) is 9.90 Å². The molecule has 0 atom stereocenters. The number of amides is 1. The first-order valence-corrected chi connectivity index (χ1v) is 8.23. The van der Waals surface area contributed by atoms with Crippen LogP contribution in [0.2, 0.25) is 0 Å². The van der Waals surface area contributed by atoms with Gasteiger partial charge in [-0.2, -0.15) is 10.2 Å². The lowest BCUT2D eigenvalue weighted by Gasteiger charge is -2.14. The normalized spacial score (nSPS) is 15.3. The maximum atomic E-state index is 12.5. The number of rotatable bonds is 2. The number of carbonyl (C=O) groups is 1. The minimum atomic E-state index is -0.424. The Kier molecular flexibility index (Phi) is 3.72. The Morgan fingerprint density at radius 3 is 2.80 bits per heavy atom. The van der Waals surface area contributed by atoms with Gasteiger partial charge in [0.05, 0.1) is 17.5 Å². The summed E-state index contributed by atoms with van der Waals surface area (Å²) in [6.45, 7) is 0. The van der Waals surface area contributed by atoms with Crippen LogP contribution >= 0.6 is 0 Å². The Balaban J connectivity index is 1.62. The summed E-state index contributed by atoms with van der Waals surface area (Å²) >= 11 is 0. The summed E-state index contributed by atoms with van der Waals surface area (Å²) < 4.78 is 1.85. The number of hydrazone groups is 1. The van der Waals surface area contributed by atoms with Crippen molar-refractivity contribution < 1.29 is 9.90 Å². The van der Waals surface area contributed by atoms with Crippen molar-refractivity contribution in [3.05, 3.63) is 59.4 Å². The fourth-order valence-electron chi connectivity index (χ4n) is 3.26. The number of nitrogens with zero attached hydrogens (tertiary/aromatic N) is 3. The number of hydrogen-bond donors (Lipinski definition) is 2. The van der Waals surface area contributed by atoms with Gasteiger partial charge in [0.2, 0.25) is 0 Å². The first-order chi connectivity index (χ1) is 12.1. The maximum Gasteiger partial charge on any atom is 0.275 e. The molecule has 25 heavy (non-hydrogen) atoms. The Morgan fingerprint density at radius 1 is 1.24 bits per heavy atom. The molecule has 6 nitrogen and oxygen atoms in total. The van der Waals surface area contributed by atoms with Crippen LogP contribution in [0.15, 0.2) is 47.7 Å². The number of aromatic nitrogens is 2. The lowest BCUT2D eigenvalue weighted by atomic mass is 9.96. The smallest absolute Gasteiger partial charge is 0.275 e. The van der Waals surface area contributed by atoms with Gasteiger partial charge in [0.15, 0.2) is 0 Å². The van der Waals surface area contributed by atoms with Crippen LogP contribution in [0.25, 0.3) is 10.8 Å². The zero-order valence-corrected chi connectivity index (χ0v) is 13.9. The lowest BCUT2D eigenvalue weighted by molar-refractivity contribution is 0.0952. The second-order valence-corrected chi connectivity index (χ2v) is 6.20. The number of phenols is 1. The summed E-state index contributed by atoms with van der Waals surface area (Å²) in [5.41, 5.74) is 5.73. The molecule has 0 unspecified atom stereocenters. The van der Waals surface area contributed by atoms with Crippen molar-refractivity contribution in [3.63, 3.8) is 0 Å². The number of carbonyl (C=O) groups excluding carboxylic acids is 1. The molecule has 4 rings (SSSR count). The summed E-state index contributed by atoms with van der Waals surface area (Å²) in [7, 11) is 1.91. The fourth-order valence-corrected chi connectivity index (χ4v) is 3.26. The third-order valence-corrected chi connectivity index (χ3v) is 4.60. The molecule has 1 aromatic heterocycles. The van der Waals surface area contributed by atoms with Crippen molar-refractivity contribution >= 4 is 22.4 Å². The van der Waals surface area contributed by atoms with Crippen LogP contribution in [0.3, 0.4) is 0 Å². The van der Waals surface area contributed by atoms with Crippen molar-refractivity contribution in [1.82, 2.24) is 15.2 Å². The van der Waals surface area contributed by atoms with Crippen LogP contribution in [0.4, 0.5) is 0 Å². The number of fused-ring (bicyclic) bond motifs is 2. The van der Waals surface area contributed by atoms with E-state index in [2.05, 4.69) is 15.6 Å². The summed E-state index contributed by atoms with van der Waals surface area (Å²) in [6, 6.07) is 10.9. The van der Waals surface area contributed by atoms with Crippen LogP contribution in [-0.2, 0) is 13.5 Å². The van der Waals surface area contributed by atoms with Gasteiger partial charge < -0.3 is 5.11 Å². The number of nitrogens with one attached hydrogen (secondary N) is 1. The highest BCUT2D eigenvalue weighted by Gasteiger charge is 2.20. The number of aryl methyl sites for hydroxylation is 1. The van der Waals surface area contributed by atoms with Crippen LogP contribution in [0, 0.1) is 0 Å². The van der Waals surface area contributed by atoms with Crippen molar-refractivity contribution in [2.75, 3.05) is 0 Å². The lowest BCUT2D eigenvalue weighted by Crippen LogP contribution is -2.22. The molecule has 1 aliphatic carbocycles. The van der Waals surface area contributed by atoms with E-state index < -0.39 is 5.91 Å². The first kappa shape index (κ1) is 15.4. The number of hydrogen-bond acceptors (Lipinski definition) is 4. The molecule has 6 heteroatoms. The van der Waals surface area contributed by atoms with Crippen LogP contribution in [0.1, 0.15) is 34.5 Å². The largest absolute Gasteiger partial charge is 0.507 e. The second-order valence-electron chi connectivity index (χ2n) is 6.20. The Labute approximate surface area is 144 Å². The molecule has 0 saturated carbocycles.